The zero-order chi connectivity index (χ0) is 32.4. The summed E-state index contributed by atoms with van der Waals surface area (Å²) in [6.45, 7) is 3.69. The second-order valence-corrected chi connectivity index (χ2v) is 11.7. The van der Waals surface area contributed by atoms with Gasteiger partial charge >= 0.3 is 6.03 Å². The molecule has 2 amide bonds. The molecule has 8 heteroatoms. The number of pyridine rings is 1. The van der Waals surface area contributed by atoms with Crippen molar-refractivity contribution < 1.29 is 9.18 Å². The molecule has 7 rings (SSSR count). The minimum Gasteiger partial charge on any atom is -0.336 e. The van der Waals surface area contributed by atoms with E-state index >= 15 is 4.39 Å². The van der Waals surface area contributed by atoms with Crippen molar-refractivity contribution in [3.05, 3.63) is 169 Å². The number of fused-ring (bicyclic) bond motifs is 1. The van der Waals surface area contributed by atoms with Crippen molar-refractivity contribution in [3.63, 3.8) is 0 Å². The number of hydrogen-bond donors (Lipinski definition) is 2. The van der Waals surface area contributed by atoms with Crippen LogP contribution < -0.4 is 10.6 Å². The molecule has 0 fully saturated rings. The summed E-state index contributed by atoms with van der Waals surface area (Å²) in [4.78, 5) is 16.7. The molecule has 0 radical (unpaired) electrons. The molecule has 3 aromatic heterocycles. The Hall–Kier alpha value is -6.02. The van der Waals surface area contributed by atoms with Gasteiger partial charge in [-0.2, -0.15) is 5.10 Å². The lowest BCUT2D eigenvalue weighted by molar-refractivity contribution is 0.250. The van der Waals surface area contributed by atoms with Crippen LogP contribution in [0.4, 0.5) is 14.9 Å². The van der Waals surface area contributed by atoms with Gasteiger partial charge in [0.2, 0.25) is 0 Å². The van der Waals surface area contributed by atoms with Crippen LogP contribution in [0.5, 0.6) is 0 Å². The minimum absolute atomic E-state index is 0.0665. The summed E-state index contributed by atoms with van der Waals surface area (Å²) in [6, 6.07) is 39.4. The smallest absolute Gasteiger partial charge is 0.319 e. The van der Waals surface area contributed by atoms with E-state index in [1.165, 1.54) is 6.07 Å². The number of anilines is 1. The quantitative estimate of drug-likeness (QED) is 0.168. The largest absolute Gasteiger partial charge is 0.336 e. The van der Waals surface area contributed by atoms with Crippen molar-refractivity contribution in [2.75, 3.05) is 5.32 Å². The SMILES string of the molecule is CC(C)NC(=O)Nc1ccc(-c2cnc3ccc(-c4cnn(C(c5ccccc5)(c5ccccc5)c5ccccc5)c4)cn23)cc1F. The predicted molar refractivity (Wildman–Crippen MR) is 184 cm³/mol. The van der Waals surface area contributed by atoms with Gasteiger partial charge in [-0.15, -0.1) is 0 Å². The first-order chi connectivity index (χ1) is 22.9. The highest BCUT2D eigenvalue weighted by atomic mass is 19.1. The lowest BCUT2D eigenvalue weighted by Crippen LogP contribution is -2.38. The van der Waals surface area contributed by atoms with Crippen molar-refractivity contribution in [3.8, 4) is 22.4 Å². The van der Waals surface area contributed by atoms with Gasteiger partial charge in [-0.1, -0.05) is 97.1 Å². The maximum atomic E-state index is 15.1. The van der Waals surface area contributed by atoms with Crippen molar-refractivity contribution in [1.82, 2.24) is 24.5 Å². The summed E-state index contributed by atoms with van der Waals surface area (Å²) in [5.74, 6) is -0.534. The van der Waals surface area contributed by atoms with Crippen LogP contribution in [0, 0.1) is 5.82 Å². The topological polar surface area (TPSA) is 76.2 Å². The van der Waals surface area contributed by atoms with Crippen molar-refractivity contribution in [2.45, 2.75) is 25.4 Å². The van der Waals surface area contributed by atoms with E-state index in [4.69, 9.17) is 5.10 Å². The van der Waals surface area contributed by atoms with Crippen LogP contribution in [-0.4, -0.2) is 31.2 Å². The number of halogens is 1. The molecule has 0 aliphatic heterocycles. The van der Waals surface area contributed by atoms with E-state index in [-0.39, 0.29) is 11.7 Å². The molecule has 4 aromatic carbocycles. The number of rotatable bonds is 8. The molecule has 0 atom stereocenters. The Bertz CT molecular complexity index is 2060. The number of nitrogens with one attached hydrogen (secondary N) is 2. The molecule has 7 nitrogen and oxygen atoms in total. The Morgan fingerprint density at radius 1 is 0.723 bits per heavy atom. The summed E-state index contributed by atoms with van der Waals surface area (Å²) in [7, 11) is 0. The third-order valence-electron chi connectivity index (χ3n) is 8.27. The van der Waals surface area contributed by atoms with Crippen LogP contribution in [0.15, 0.2) is 146 Å². The van der Waals surface area contributed by atoms with E-state index in [0.717, 1.165) is 39.2 Å². The first-order valence-electron chi connectivity index (χ1n) is 15.5. The standard InChI is InChI=1S/C39H33FN6O/c1-27(2)43-38(47)44-35-20-18-28(22-34(35)40)36-24-41-37-21-19-29(25-45(36)37)30-23-42-46(26-30)39(31-12-6-3-7-13-31,32-14-8-4-9-15-32)33-16-10-5-11-17-33/h3-27H,1-2H3,(H2,43,44,47). The van der Waals surface area contributed by atoms with Gasteiger partial charge in [-0.25, -0.2) is 14.2 Å². The fourth-order valence-corrected chi connectivity index (χ4v) is 6.15. The van der Waals surface area contributed by atoms with Crippen LogP contribution in [0.2, 0.25) is 0 Å². The average Bonchev–Trinajstić information content (AvgIpc) is 3.75. The Kier molecular flexibility index (Phi) is 7.83. The molecule has 0 saturated carbocycles. The Morgan fingerprint density at radius 3 is 1.89 bits per heavy atom. The monoisotopic (exact) mass is 620 g/mol. The molecular weight excluding hydrogens is 587 g/mol. The van der Waals surface area contributed by atoms with Gasteiger partial charge in [0.1, 0.15) is 17.0 Å². The number of aromatic nitrogens is 4. The third-order valence-corrected chi connectivity index (χ3v) is 8.27. The number of carbonyl (C=O) groups excluding carboxylic acids is 1. The van der Waals surface area contributed by atoms with Gasteiger partial charge < -0.3 is 10.6 Å². The summed E-state index contributed by atoms with van der Waals surface area (Å²) >= 11 is 0. The molecule has 0 aliphatic rings. The van der Waals surface area contributed by atoms with Gasteiger partial charge in [-0.05, 0) is 54.8 Å². The zero-order valence-electron chi connectivity index (χ0n) is 26.0. The second-order valence-electron chi connectivity index (χ2n) is 11.7. The van der Waals surface area contributed by atoms with Crippen molar-refractivity contribution in [2.24, 2.45) is 0 Å². The second kappa shape index (κ2) is 12.4. The molecule has 0 bridgehead atoms. The highest BCUT2D eigenvalue weighted by Crippen LogP contribution is 2.41. The number of urea groups is 1. The van der Waals surface area contributed by atoms with Crippen molar-refractivity contribution in [1.29, 1.82) is 0 Å². The summed E-state index contributed by atoms with van der Waals surface area (Å²) in [5.41, 5.74) is 6.55. The fraction of sp³-hybridized carbons (Fsp3) is 0.103. The zero-order valence-corrected chi connectivity index (χ0v) is 26.0. The Balaban J connectivity index is 1.30. The number of nitrogens with zero attached hydrogens (tertiary/aromatic N) is 4. The van der Waals surface area contributed by atoms with Crippen LogP contribution in [0.25, 0.3) is 28.0 Å². The Morgan fingerprint density at radius 2 is 1.32 bits per heavy atom. The van der Waals surface area contributed by atoms with Gasteiger partial charge in [-0.3, -0.25) is 9.08 Å². The molecule has 7 aromatic rings. The highest BCUT2D eigenvalue weighted by molar-refractivity contribution is 5.90. The van der Waals surface area contributed by atoms with Crippen LogP contribution >= 0.6 is 0 Å². The molecule has 0 spiro atoms. The highest BCUT2D eigenvalue weighted by Gasteiger charge is 2.39. The number of hydrogen-bond acceptors (Lipinski definition) is 3. The molecular formula is C39H33FN6O. The number of benzene rings is 4. The molecule has 0 aliphatic carbocycles. The van der Waals surface area contributed by atoms with Crippen molar-refractivity contribution >= 4 is 17.4 Å². The van der Waals surface area contributed by atoms with E-state index in [1.807, 2.05) is 65.7 Å². The predicted octanol–water partition coefficient (Wildman–Crippen LogP) is 8.37. The first-order valence-corrected chi connectivity index (χ1v) is 15.5. The average molecular weight is 621 g/mol. The van der Waals surface area contributed by atoms with Crippen LogP contribution in [0.3, 0.4) is 0 Å². The summed E-state index contributed by atoms with van der Waals surface area (Å²) in [6.07, 6.45) is 7.67. The normalized spacial score (nSPS) is 11.6. The van der Waals surface area contributed by atoms with Crippen LogP contribution in [0.1, 0.15) is 30.5 Å². The van der Waals surface area contributed by atoms with E-state index in [0.29, 0.717) is 5.56 Å². The van der Waals surface area contributed by atoms with E-state index in [9.17, 15) is 4.79 Å². The van der Waals surface area contributed by atoms with Gasteiger partial charge in [0, 0.05) is 35.1 Å². The van der Waals surface area contributed by atoms with E-state index in [1.54, 1.807) is 18.3 Å². The lowest BCUT2D eigenvalue weighted by atomic mass is 9.77. The maximum absolute atomic E-state index is 15.1. The minimum atomic E-state index is -0.730. The third kappa shape index (κ3) is 5.55. The molecule has 2 N–H and O–H groups in total. The van der Waals surface area contributed by atoms with Gasteiger partial charge in [0.15, 0.2) is 0 Å². The number of carbonyl (C=O) groups is 1. The lowest BCUT2D eigenvalue weighted by Gasteiger charge is -2.36. The Labute approximate surface area is 272 Å². The fourth-order valence-electron chi connectivity index (χ4n) is 6.15. The molecule has 232 valence electrons. The van der Waals surface area contributed by atoms with Gasteiger partial charge in [0.25, 0.3) is 0 Å². The maximum Gasteiger partial charge on any atom is 0.319 e. The van der Waals surface area contributed by atoms with E-state index < -0.39 is 17.4 Å². The first kappa shape index (κ1) is 29.7. The molecule has 0 unspecified atom stereocenters. The van der Waals surface area contributed by atoms with Crippen LogP contribution in [-0.2, 0) is 5.54 Å². The molecule has 0 saturated heterocycles. The summed E-state index contributed by atoms with van der Waals surface area (Å²) < 4.78 is 19.1. The molecule has 47 heavy (non-hydrogen) atoms. The summed E-state index contributed by atoms with van der Waals surface area (Å²) in [5, 5.41) is 10.3. The molecule has 3 heterocycles. The number of imidazole rings is 1. The number of amides is 2. The van der Waals surface area contributed by atoms with E-state index in [2.05, 4.69) is 94.6 Å². The van der Waals surface area contributed by atoms with Gasteiger partial charge in [0.05, 0.1) is 23.8 Å².